The van der Waals surface area contributed by atoms with Gasteiger partial charge in [0, 0.05) is 6.42 Å². The van der Waals surface area contributed by atoms with Crippen LogP contribution in [0.2, 0.25) is 0 Å². The maximum absolute atomic E-state index is 12.1. The van der Waals surface area contributed by atoms with Crippen LogP contribution in [-0.4, -0.2) is 18.3 Å². The first kappa shape index (κ1) is 14.4. The van der Waals surface area contributed by atoms with E-state index in [4.69, 9.17) is 14.2 Å². The van der Waals surface area contributed by atoms with Gasteiger partial charge < -0.3 is 14.2 Å². The Kier molecular flexibility index (Phi) is 7.39. The maximum atomic E-state index is 12.1. The van der Waals surface area contributed by atoms with E-state index in [0.717, 1.165) is 6.26 Å². The Balaban J connectivity index is 4.78. The smallest absolute Gasteiger partial charge is 0.360 e. The summed E-state index contributed by atoms with van der Waals surface area (Å²) in [5.74, 6) is 0. The summed E-state index contributed by atoms with van der Waals surface area (Å²) < 4.78 is 22.3. The van der Waals surface area contributed by atoms with Gasteiger partial charge in [0.2, 0.25) is 0 Å². The van der Waals surface area contributed by atoms with Crippen LogP contribution in [0.3, 0.4) is 0 Å². The Bertz CT molecular complexity index is 261. The highest BCUT2D eigenvalue weighted by molar-refractivity contribution is 7.58. The van der Waals surface area contributed by atoms with Crippen molar-refractivity contribution in [2.45, 2.75) is 27.2 Å². The second-order valence-corrected chi connectivity index (χ2v) is 4.81. The quantitative estimate of drug-likeness (QED) is 0.415. The molecule has 0 aliphatic carbocycles. The van der Waals surface area contributed by atoms with Crippen molar-refractivity contribution >= 4 is 7.60 Å². The number of aliphatic hydroxyl groups is 1. The standard InChI is InChI=1S/C10H19O4P/c1-4-7-8-10(9-11)15(12,13-5-2)14-6-3/h4,7,9,11H,5-6,8H2,1-3H3/b7-4+,10-9-. The molecule has 0 aromatic heterocycles. The van der Waals surface area contributed by atoms with Crippen molar-refractivity contribution in [2.75, 3.05) is 13.2 Å². The Labute approximate surface area is 91.1 Å². The van der Waals surface area contributed by atoms with E-state index in [9.17, 15) is 4.57 Å². The van der Waals surface area contributed by atoms with E-state index in [1.165, 1.54) is 0 Å². The zero-order valence-electron chi connectivity index (χ0n) is 9.47. The molecule has 0 unspecified atom stereocenters. The molecule has 0 saturated carbocycles. The zero-order valence-corrected chi connectivity index (χ0v) is 10.4. The second kappa shape index (κ2) is 7.69. The van der Waals surface area contributed by atoms with Crippen LogP contribution in [0.4, 0.5) is 0 Å². The molecule has 4 nitrogen and oxygen atoms in total. The molecule has 0 atom stereocenters. The van der Waals surface area contributed by atoms with Crippen LogP contribution in [0.5, 0.6) is 0 Å². The second-order valence-electron chi connectivity index (χ2n) is 2.73. The Morgan fingerprint density at radius 1 is 1.33 bits per heavy atom. The highest BCUT2D eigenvalue weighted by Crippen LogP contribution is 2.57. The van der Waals surface area contributed by atoms with Crippen LogP contribution in [0.1, 0.15) is 27.2 Å². The first-order valence-electron chi connectivity index (χ1n) is 4.98. The number of hydrogen-bond acceptors (Lipinski definition) is 4. The van der Waals surface area contributed by atoms with Crippen LogP contribution in [0.25, 0.3) is 0 Å². The number of rotatable bonds is 7. The van der Waals surface area contributed by atoms with Gasteiger partial charge in [-0.2, -0.15) is 0 Å². The molecule has 5 heteroatoms. The summed E-state index contributed by atoms with van der Waals surface area (Å²) in [7, 11) is -3.30. The van der Waals surface area contributed by atoms with Gasteiger partial charge in [0.15, 0.2) is 0 Å². The number of hydrogen-bond donors (Lipinski definition) is 1. The zero-order chi connectivity index (χ0) is 11.7. The molecule has 0 radical (unpaired) electrons. The molecule has 0 amide bonds. The van der Waals surface area contributed by atoms with E-state index in [1.54, 1.807) is 19.9 Å². The van der Waals surface area contributed by atoms with Crippen molar-refractivity contribution in [1.82, 2.24) is 0 Å². The first-order chi connectivity index (χ1) is 7.14. The van der Waals surface area contributed by atoms with Crippen molar-refractivity contribution in [3.63, 3.8) is 0 Å². The molecule has 0 aliphatic rings. The lowest BCUT2D eigenvalue weighted by molar-refractivity contribution is 0.225. The third-order valence-electron chi connectivity index (χ3n) is 1.66. The molecular weight excluding hydrogens is 215 g/mol. The predicted octanol–water partition coefficient (Wildman–Crippen LogP) is 3.62. The number of aliphatic hydroxyl groups excluding tert-OH is 1. The van der Waals surface area contributed by atoms with Gasteiger partial charge >= 0.3 is 7.60 Å². The van der Waals surface area contributed by atoms with Crippen molar-refractivity contribution in [1.29, 1.82) is 0 Å². The Hall–Kier alpha value is -0.570. The molecule has 15 heavy (non-hydrogen) atoms. The van der Waals surface area contributed by atoms with Crippen molar-refractivity contribution in [3.05, 3.63) is 23.7 Å². The SMILES string of the molecule is C/C=C/C/C(=C/O)P(=O)(OCC)OCC. The van der Waals surface area contributed by atoms with Crippen LogP contribution >= 0.6 is 7.60 Å². The molecule has 0 aromatic rings. The molecule has 0 bridgehead atoms. The van der Waals surface area contributed by atoms with Gasteiger partial charge in [-0.3, -0.25) is 4.57 Å². The molecule has 0 saturated heterocycles. The molecule has 0 aliphatic heterocycles. The van der Waals surface area contributed by atoms with Crippen LogP contribution in [0.15, 0.2) is 23.7 Å². The fourth-order valence-corrected chi connectivity index (χ4v) is 2.57. The van der Waals surface area contributed by atoms with Crippen molar-refractivity contribution < 1.29 is 18.7 Å². The third kappa shape index (κ3) is 4.65. The summed E-state index contributed by atoms with van der Waals surface area (Å²) in [6.07, 6.45) is 4.77. The van der Waals surface area contributed by atoms with E-state index in [1.807, 2.05) is 13.0 Å². The fraction of sp³-hybridized carbons (Fsp3) is 0.600. The van der Waals surface area contributed by atoms with Gasteiger partial charge in [0.25, 0.3) is 0 Å². The lowest BCUT2D eigenvalue weighted by atomic mass is 10.4. The van der Waals surface area contributed by atoms with Crippen molar-refractivity contribution in [2.24, 2.45) is 0 Å². The average molecular weight is 234 g/mol. The molecule has 1 N–H and O–H groups in total. The highest BCUT2D eigenvalue weighted by atomic mass is 31.2. The Morgan fingerprint density at radius 3 is 2.20 bits per heavy atom. The minimum Gasteiger partial charge on any atom is -0.515 e. The summed E-state index contributed by atoms with van der Waals surface area (Å²) in [5, 5.41) is 9.30. The molecular formula is C10H19O4P. The summed E-state index contributed by atoms with van der Waals surface area (Å²) >= 11 is 0. The molecule has 0 fully saturated rings. The average Bonchev–Trinajstić information content (AvgIpc) is 2.19. The summed E-state index contributed by atoms with van der Waals surface area (Å²) in [4.78, 5) is 0. The maximum Gasteiger partial charge on any atom is 0.360 e. The lowest BCUT2D eigenvalue weighted by Crippen LogP contribution is -1.98. The monoisotopic (exact) mass is 234 g/mol. The van der Waals surface area contributed by atoms with Gasteiger partial charge in [-0.1, -0.05) is 12.2 Å². The van der Waals surface area contributed by atoms with Crippen LogP contribution < -0.4 is 0 Å². The van der Waals surface area contributed by atoms with Gasteiger partial charge in [0.05, 0.1) is 24.8 Å². The predicted molar refractivity (Wildman–Crippen MR) is 61.0 cm³/mol. The van der Waals surface area contributed by atoms with E-state index in [0.29, 0.717) is 6.42 Å². The number of allylic oxidation sites excluding steroid dienone is 3. The van der Waals surface area contributed by atoms with Gasteiger partial charge in [-0.25, -0.2) is 0 Å². The van der Waals surface area contributed by atoms with Crippen LogP contribution in [-0.2, 0) is 13.6 Å². The van der Waals surface area contributed by atoms with E-state index >= 15 is 0 Å². The molecule has 0 aromatic carbocycles. The molecule has 0 spiro atoms. The normalized spacial score (nSPS) is 13.7. The minimum atomic E-state index is -3.30. The van der Waals surface area contributed by atoms with Gasteiger partial charge in [0.1, 0.15) is 0 Å². The molecule has 0 rings (SSSR count). The van der Waals surface area contributed by atoms with E-state index in [-0.39, 0.29) is 18.5 Å². The third-order valence-corrected chi connectivity index (χ3v) is 3.86. The summed E-state index contributed by atoms with van der Waals surface area (Å²) in [6, 6.07) is 0. The van der Waals surface area contributed by atoms with Crippen LogP contribution in [0, 0.1) is 0 Å². The lowest BCUT2D eigenvalue weighted by Gasteiger charge is -2.18. The first-order valence-corrected chi connectivity index (χ1v) is 6.52. The topological polar surface area (TPSA) is 55.8 Å². The van der Waals surface area contributed by atoms with E-state index in [2.05, 4.69) is 0 Å². The minimum absolute atomic E-state index is 0.282. The summed E-state index contributed by atoms with van der Waals surface area (Å²) in [6.45, 7) is 5.88. The highest BCUT2D eigenvalue weighted by Gasteiger charge is 2.28. The Morgan fingerprint density at radius 2 is 1.87 bits per heavy atom. The fourth-order valence-electron chi connectivity index (χ4n) is 1.02. The molecule has 0 heterocycles. The van der Waals surface area contributed by atoms with E-state index < -0.39 is 7.60 Å². The largest absolute Gasteiger partial charge is 0.515 e. The molecule has 88 valence electrons. The summed E-state index contributed by atoms with van der Waals surface area (Å²) in [5.41, 5.74) is 0. The van der Waals surface area contributed by atoms with Gasteiger partial charge in [-0.15, -0.1) is 0 Å². The van der Waals surface area contributed by atoms with Gasteiger partial charge in [-0.05, 0) is 20.8 Å². The van der Waals surface area contributed by atoms with Crippen molar-refractivity contribution in [3.8, 4) is 0 Å².